The second-order valence-electron chi connectivity index (χ2n) is 16.1. The van der Waals surface area contributed by atoms with Crippen molar-refractivity contribution in [3.63, 3.8) is 0 Å². The predicted octanol–water partition coefficient (Wildman–Crippen LogP) is 12.1. The minimum Gasteiger partial charge on any atom is -0.756 e. The molecule has 0 spiro atoms. The quantitative estimate of drug-likeness (QED) is 0.0198. The van der Waals surface area contributed by atoms with Gasteiger partial charge in [-0.05, 0) is 70.6 Å². The van der Waals surface area contributed by atoms with Gasteiger partial charge in [-0.15, -0.1) is 0 Å². The molecule has 0 saturated carbocycles. The van der Waals surface area contributed by atoms with Crippen LogP contribution < -0.4 is 4.89 Å². The number of phosphoric ester groups is 1. The minimum atomic E-state index is -4.64. The molecule has 0 amide bonds. The van der Waals surface area contributed by atoms with Gasteiger partial charge in [0, 0.05) is 12.8 Å². The summed E-state index contributed by atoms with van der Waals surface area (Å²) in [4.78, 5) is 37.5. The number of quaternary nitrogens is 1. The highest BCUT2D eigenvalue weighted by Crippen LogP contribution is 2.38. The first-order valence-electron chi connectivity index (χ1n) is 22.3. The molecule has 0 bridgehead atoms. The average molecular weight is 810 g/mol. The molecule has 0 radical (unpaired) electrons. The van der Waals surface area contributed by atoms with Crippen molar-refractivity contribution >= 4 is 19.8 Å². The molecule has 2 atom stereocenters. The van der Waals surface area contributed by atoms with Crippen LogP contribution in [0.15, 0.2) is 48.6 Å². The Kier molecular flexibility index (Phi) is 37.1. The summed E-state index contributed by atoms with van der Waals surface area (Å²) in [5.41, 5.74) is 0. The lowest BCUT2D eigenvalue weighted by molar-refractivity contribution is -0.870. The van der Waals surface area contributed by atoms with Crippen molar-refractivity contribution in [1.29, 1.82) is 0 Å². The van der Waals surface area contributed by atoms with Crippen molar-refractivity contribution in [2.24, 2.45) is 0 Å². The topological polar surface area (TPSA) is 111 Å². The lowest BCUT2D eigenvalue weighted by atomic mass is 10.1. The van der Waals surface area contributed by atoms with Crippen molar-refractivity contribution < 1.29 is 42.1 Å². The molecule has 9 nitrogen and oxygen atoms in total. The highest BCUT2D eigenvalue weighted by Gasteiger charge is 2.21. The summed E-state index contributed by atoms with van der Waals surface area (Å²) in [5.74, 6) is -0.915. The van der Waals surface area contributed by atoms with Gasteiger partial charge in [0.05, 0.1) is 27.7 Å². The first-order valence-corrected chi connectivity index (χ1v) is 23.8. The van der Waals surface area contributed by atoms with Crippen molar-refractivity contribution in [3.8, 4) is 0 Å². The third-order valence-electron chi connectivity index (χ3n) is 9.32. The van der Waals surface area contributed by atoms with Gasteiger partial charge in [0.2, 0.25) is 0 Å². The molecule has 0 rings (SSSR count). The van der Waals surface area contributed by atoms with E-state index in [4.69, 9.17) is 18.5 Å². The number of likely N-dealkylation sites (N-methyl/N-ethyl adjacent to an activating group) is 1. The zero-order chi connectivity index (χ0) is 41.4. The van der Waals surface area contributed by atoms with E-state index in [1.54, 1.807) is 0 Å². The van der Waals surface area contributed by atoms with Gasteiger partial charge in [-0.1, -0.05) is 146 Å². The Hall–Kier alpha value is -2.03. The molecule has 0 heterocycles. The summed E-state index contributed by atoms with van der Waals surface area (Å²) >= 11 is 0. The Morgan fingerprint density at radius 3 is 1.50 bits per heavy atom. The number of hydrogen-bond acceptors (Lipinski definition) is 8. The average Bonchev–Trinajstić information content (AvgIpc) is 3.15. The molecule has 0 aliphatic rings. The van der Waals surface area contributed by atoms with Crippen molar-refractivity contribution in [2.45, 2.75) is 187 Å². The highest BCUT2D eigenvalue weighted by atomic mass is 31.2. The van der Waals surface area contributed by atoms with Gasteiger partial charge in [0.15, 0.2) is 6.10 Å². The molecule has 0 aliphatic heterocycles. The van der Waals surface area contributed by atoms with E-state index in [0.29, 0.717) is 23.9 Å². The number of rotatable bonds is 40. The summed E-state index contributed by atoms with van der Waals surface area (Å²) in [7, 11) is 1.13. The molecular formula is C46H84NO8P. The maximum Gasteiger partial charge on any atom is 0.306 e. The van der Waals surface area contributed by atoms with E-state index in [1.165, 1.54) is 89.9 Å². The minimum absolute atomic E-state index is 0.0421. The van der Waals surface area contributed by atoms with Gasteiger partial charge < -0.3 is 27.9 Å². The molecule has 56 heavy (non-hydrogen) atoms. The van der Waals surface area contributed by atoms with Crippen molar-refractivity contribution in [2.75, 3.05) is 47.5 Å². The first-order chi connectivity index (χ1) is 27.0. The smallest absolute Gasteiger partial charge is 0.306 e. The second kappa shape index (κ2) is 38.5. The Bertz CT molecular complexity index is 1100. The zero-order valence-corrected chi connectivity index (χ0v) is 37.5. The number of unbranched alkanes of at least 4 members (excludes halogenated alkanes) is 18. The SMILES string of the molecule is CCCCCCCC/C=C/C/C=C/C/C=C/CCCC(=O)OC[C@H](COP(=O)([O-])OCC[N+](C)(C)C)OC(=O)CCCCC/C=C/CCCCCCCCCC. The van der Waals surface area contributed by atoms with Gasteiger partial charge in [-0.2, -0.15) is 0 Å². The van der Waals surface area contributed by atoms with Gasteiger partial charge in [-0.25, -0.2) is 0 Å². The molecule has 0 aromatic heterocycles. The van der Waals surface area contributed by atoms with Crippen LogP contribution in [0.5, 0.6) is 0 Å². The van der Waals surface area contributed by atoms with Crippen LogP contribution in [0.2, 0.25) is 0 Å². The summed E-state index contributed by atoms with van der Waals surface area (Å²) in [6.07, 6.45) is 44.3. The maximum atomic E-state index is 12.7. The van der Waals surface area contributed by atoms with E-state index in [2.05, 4.69) is 62.5 Å². The Labute approximate surface area is 343 Å². The number of phosphoric acid groups is 1. The number of ether oxygens (including phenoxy) is 2. The monoisotopic (exact) mass is 810 g/mol. The van der Waals surface area contributed by atoms with E-state index in [-0.39, 0.29) is 26.1 Å². The summed E-state index contributed by atoms with van der Waals surface area (Å²) in [5, 5.41) is 0. The summed E-state index contributed by atoms with van der Waals surface area (Å²) in [6, 6.07) is 0. The fourth-order valence-electron chi connectivity index (χ4n) is 5.78. The second-order valence-corrected chi connectivity index (χ2v) is 17.5. The Morgan fingerprint density at radius 2 is 0.982 bits per heavy atom. The van der Waals surface area contributed by atoms with Gasteiger partial charge in [0.1, 0.15) is 19.8 Å². The molecule has 1 unspecified atom stereocenters. The fourth-order valence-corrected chi connectivity index (χ4v) is 6.51. The normalized spacial score (nSPS) is 14.0. The maximum absolute atomic E-state index is 12.7. The highest BCUT2D eigenvalue weighted by molar-refractivity contribution is 7.45. The molecule has 0 aromatic carbocycles. The first kappa shape index (κ1) is 54.0. The summed E-state index contributed by atoms with van der Waals surface area (Å²) < 4.78 is 33.8. The third-order valence-corrected chi connectivity index (χ3v) is 10.3. The molecule has 0 fully saturated rings. The number of carbonyl (C=O) groups is 2. The summed E-state index contributed by atoms with van der Waals surface area (Å²) in [6.45, 7) is 4.14. The number of nitrogens with zero attached hydrogens (tertiary/aromatic N) is 1. The van der Waals surface area contributed by atoms with Crippen LogP contribution in [-0.4, -0.2) is 70.0 Å². The van der Waals surface area contributed by atoms with E-state index in [1.807, 2.05) is 21.1 Å². The zero-order valence-electron chi connectivity index (χ0n) is 36.6. The lowest BCUT2D eigenvalue weighted by Crippen LogP contribution is -2.37. The predicted molar refractivity (Wildman–Crippen MR) is 231 cm³/mol. The van der Waals surface area contributed by atoms with E-state index >= 15 is 0 Å². The number of esters is 2. The molecular weight excluding hydrogens is 725 g/mol. The molecule has 326 valence electrons. The van der Waals surface area contributed by atoms with Crippen LogP contribution in [0.3, 0.4) is 0 Å². The largest absolute Gasteiger partial charge is 0.756 e. The Balaban J connectivity index is 4.46. The number of hydrogen-bond donors (Lipinski definition) is 0. The van der Waals surface area contributed by atoms with Gasteiger partial charge in [0.25, 0.3) is 7.82 Å². The van der Waals surface area contributed by atoms with E-state index in [9.17, 15) is 19.0 Å². The molecule has 0 aromatic rings. The number of allylic oxidation sites excluding steroid dienone is 8. The fraction of sp³-hybridized carbons (Fsp3) is 0.783. The standard InChI is InChI=1S/C46H84NO8P/c1-6-8-10-12-14-16-18-20-22-23-25-26-28-30-32-34-36-38-45(48)52-42-44(43-54-56(50,51)53-41-40-47(3,4)5)55-46(49)39-37-35-33-31-29-27-24-21-19-17-15-13-11-9-7-2/h20,22,25-27,29-30,32,44H,6-19,21,23-24,28,31,33-43H2,1-5H3/b22-20+,26-25+,29-27+,32-30+/t44-/m1/s1. The van der Waals surface area contributed by atoms with Crippen molar-refractivity contribution in [3.05, 3.63) is 48.6 Å². The Morgan fingerprint density at radius 1 is 0.554 bits per heavy atom. The molecule has 0 N–H and O–H groups in total. The molecule has 0 aliphatic carbocycles. The van der Waals surface area contributed by atoms with Crippen LogP contribution in [0, 0.1) is 0 Å². The van der Waals surface area contributed by atoms with Gasteiger partial charge in [-0.3, -0.25) is 14.2 Å². The van der Waals surface area contributed by atoms with E-state index in [0.717, 1.165) is 51.4 Å². The third kappa shape index (κ3) is 41.6. The van der Waals surface area contributed by atoms with Crippen molar-refractivity contribution in [1.82, 2.24) is 0 Å². The lowest BCUT2D eigenvalue weighted by Gasteiger charge is -2.28. The van der Waals surface area contributed by atoms with Crippen LogP contribution in [0.25, 0.3) is 0 Å². The molecule has 10 heteroatoms. The number of carbonyl (C=O) groups excluding carboxylic acids is 2. The van der Waals surface area contributed by atoms with Gasteiger partial charge >= 0.3 is 11.9 Å². The van der Waals surface area contributed by atoms with Crippen LogP contribution in [0.4, 0.5) is 0 Å². The van der Waals surface area contributed by atoms with Crippen LogP contribution >= 0.6 is 7.82 Å². The van der Waals surface area contributed by atoms with E-state index < -0.39 is 32.5 Å². The molecule has 0 saturated heterocycles. The van der Waals surface area contributed by atoms with Crippen LogP contribution in [0.1, 0.15) is 181 Å². The van der Waals surface area contributed by atoms with Crippen LogP contribution in [-0.2, 0) is 32.7 Å².